The van der Waals surface area contributed by atoms with Gasteiger partial charge >= 0.3 is 0 Å². The summed E-state index contributed by atoms with van der Waals surface area (Å²) in [6.07, 6.45) is 0.286. The second-order valence-corrected chi connectivity index (χ2v) is 10.1. The molecule has 0 aromatic heterocycles. The standard InChI is InChI=1S/C28H23O3P/c29-32(30,25-19-11-4-12-20-25)26-21-28(23-15-7-2-8-16-23,24-17-9-3-10-18-24)31-27(26)22-13-5-1-6-14-22/h1-20H,21H2,(H,29,30). The highest BCUT2D eigenvalue weighted by Crippen LogP contribution is 2.62. The molecule has 1 aliphatic rings. The molecule has 1 aliphatic heterocycles. The van der Waals surface area contributed by atoms with E-state index < -0.39 is 13.0 Å². The molecule has 0 amide bonds. The van der Waals surface area contributed by atoms with Gasteiger partial charge in [-0.1, -0.05) is 109 Å². The Balaban J connectivity index is 1.74. The number of ether oxygens (including phenoxy) is 1. The maximum atomic E-state index is 14.0. The zero-order valence-corrected chi connectivity index (χ0v) is 18.4. The molecular weight excluding hydrogens is 415 g/mol. The predicted octanol–water partition coefficient (Wildman–Crippen LogP) is 6.32. The van der Waals surface area contributed by atoms with Crippen molar-refractivity contribution in [1.82, 2.24) is 0 Å². The van der Waals surface area contributed by atoms with Crippen molar-refractivity contribution >= 4 is 18.4 Å². The van der Waals surface area contributed by atoms with Gasteiger partial charge in [0, 0.05) is 28.4 Å². The van der Waals surface area contributed by atoms with Crippen LogP contribution in [0.1, 0.15) is 23.1 Å². The molecule has 1 N–H and O–H groups in total. The third-order valence-corrected chi connectivity index (χ3v) is 8.03. The molecule has 3 nitrogen and oxygen atoms in total. The zero-order chi connectivity index (χ0) is 22.0. The van der Waals surface area contributed by atoms with Gasteiger partial charge in [-0.2, -0.15) is 0 Å². The minimum Gasteiger partial charge on any atom is -0.476 e. The first-order chi connectivity index (χ1) is 15.6. The van der Waals surface area contributed by atoms with Crippen molar-refractivity contribution in [3.63, 3.8) is 0 Å². The third-order valence-electron chi connectivity index (χ3n) is 5.94. The fourth-order valence-electron chi connectivity index (χ4n) is 4.33. The van der Waals surface area contributed by atoms with Crippen molar-refractivity contribution in [2.75, 3.05) is 0 Å². The van der Waals surface area contributed by atoms with E-state index in [0.717, 1.165) is 16.7 Å². The molecule has 158 valence electrons. The minimum absolute atomic E-state index is 0.286. The van der Waals surface area contributed by atoms with Gasteiger partial charge in [0.1, 0.15) is 5.76 Å². The zero-order valence-electron chi connectivity index (χ0n) is 17.5. The molecule has 0 spiro atoms. The molecular formula is C28H23O3P. The van der Waals surface area contributed by atoms with Crippen molar-refractivity contribution in [2.24, 2.45) is 0 Å². The van der Waals surface area contributed by atoms with Crippen LogP contribution in [0.3, 0.4) is 0 Å². The molecule has 1 atom stereocenters. The van der Waals surface area contributed by atoms with Crippen molar-refractivity contribution in [2.45, 2.75) is 12.0 Å². The second kappa shape index (κ2) is 8.27. The van der Waals surface area contributed by atoms with Crippen molar-refractivity contribution in [1.29, 1.82) is 0 Å². The summed E-state index contributed by atoms with van der Waals surface area (Å²) < 4.78 is 20.7. The molecule has 5 rings (SSSR count). The number of hydrogen-bond acceptors (Lipinski definition) is 2. The van der Waals surface area contributed by atoms with E-state index in [2.05, 4.69) is 0 Å². The van der Waals surface area contributed by atoms with Crippen LogP contribution in [-0.4, -0.2) is 4.89 Å². The van der Waals surface area contributed by atoms with E-state index in [1.165, 1.54) is 0 Å². The summed E-state index contributed by atoms with van der Waals surface area (Å²) in [7, 11) is -3.88. The number of benzene rings is 4. The minimum atomic E-state index is -3.88. The Morgan fingerprint density at radius 1 is 0.656 bits per heavy atom. The van der Waals surface area contributed by atoms with E-state index in [4.69, 9.17) is 4.74 Å². The smallest absolute Gasteiger partial charge is 0.258 e. The highest BCUT2D eigenvalue weighted by molar-refractivity contribution is 7.70. The molecule has 0 saturated carbocycles. The van der Waals surface area contributed by atoms with Crippen LogP contribution in [0, 0.1) is 0 Å². The van der Waals surface area contributed by atoms with Gasteiger partial charge in [0.25, 0.3) is 7.37 Å². The summed E-state index contributed by atoms with van der Waals surface area (Å²) in [5.41, 5.74) is 1.79. The topological polar surface area (TPSA) is 46.5 Å². The third kappa shape index (κ3) is 3.50. The van der Waals surface area contributed by atoms with E-state index in [1.54, 1.807) is 24.3 Å². The summed E-state index contributed by atoms with van der Waals surface area (Å²) in [6.45, 7) is 0. The maximum Gasteiger partial charge on any atom is 0.258 e. The summed E-state index contributed by atoms with van der Waals surface area (Å²) in [5, 5.41) is 0.839. The molecule has 4 heteroatoms. The Morgan fingerprint density at radius 2 is 1.09 bits per heavy atom. The number of rotatable bonds is 5. The van der Waals surface area contributed by atoms with Gasteiger partial charge in [0.2, 0.25) is 0 Å². The van der Waals surface area contributed by atoms with Crippen LogP contribution in [0.2, 0.25) is 0 Å². The molecule has 32 heavy (non-hydrogen) atoms. The first kappa shape index (κ1) is 20.5. The second-order valence-electron chi connectivity index (χ2n) is 7.89. The van der Waals surface area contributed by atoms with Gasteiger partial charge < -0.3 is 9.63 Å². The molecule has 4 aromatic rings. The Bertz CT molecular complexity index is 1240. The van der Waals surface area contributed by atoms with Crippen LogP contribution >= 0.6 is 7.37 Å². The van der Waals surface area contributed by atoms with E-state index in [9.17, 15) is 9.46 Å². The fourth-order valence-corrected chi connectivity index (χ4v) is 6.11. The van der Waals surface area contributed by atoms with Gasteiger partial charge in [-0.25, -0.2) is 0 Å². The van der Waals surface area contributed by atoms with Gasteiger partial charge in [0.15, 0.2) is 5.60 Å². The van der Waals surface area contributed by atoms with E-state index in [0.29, 0.717) is 16.4 Å². The van der Waals surface area contributed by atoms with Gasteiger partial charge in [-0.05, 0) is 12.1 Å². The quantitative estimate of drug-likeness (QED) is 0.371. The first-order valence-electron chi connectivity index (χ1n) is 10.6. The van der Waals surface area contributed by atoms with Crippen molar-refractivity contribution < 1.29 is 14.2 Å². The van der Waals surface area contributed by atoms with Crippen LogP contribution < -0.4 is 5.30 Å². The maximum absolute atomic E-state index is 14.0. The monoisotopic (exact) mass is 438 g/mol. The molecule has 0 fully saturated rings. The Labute approximate surface area is 188 Å². The summed E-state index contributed by atoms with van der Waals surface area (Å²) in [4.78, 5) is 11.5. The summed E-state index contributed by atoms with van der Waals surface area (Å²) >= 11 is 0. The highest BCUT2D eigenvalue weighted by Gasteiger charge is 2.49. The van der Waals surface area contributed by atoms with Crippen LogP contribution in [0.15, 0.2) is 127 Å². The molecule has 0 saturated heterocycles. The molecule has 1 unspecified atom stereocenters. The largest absolute Gasteiger partial charge is 0.476 e. The van der Waals surface area contributed by atoms with Crippen LogP contribution in [0.4, 0.5) is 0 Å². The molecule has 1 heterocycles. The average Bonchev–Trinajstić information content (AvgIpc) is 3.29. The van der Waals surface area contributed by atoms with E-state index in [-0.39, 0.29) is 6.42 Å². The first-order valence-corrected chi connectivity index (χ1v) is 12.2. The molecule has 0 bridgehead atoms. The summed E-state index contributed by atoms with van der Waals surface area (Å²) in [5.74, 6) is 0.480. The summed E-state index contributed by atoms with van der Waals surface area (Å²) in [6, 6.07) is 38.3. The fraction of sp³-hybridized carbons (Fsp3) is 0.0714. The van der Waals surface area contributed by atoms with Crippen LogP contribution in [0.25, 0.3) is 5.76 Å². The molecule has 4 aromatic carbocycles. The Kier molecular flexibility index (Phi) is 5.30. The van der Waals surface area contributed by atoms with Crippen molar-refractivity contribution in [3.8, 4) is 0 Å². The van der Waals surface area contributed by atoms with Gasteiger partial charge in [-0.3, -0.25) is 4.57 Å². The van der Waals surface area contributed by atoms with Crippen LogP contribution in [0.5, 0.6) is 0 Å². The lowest BCUT2D eigenvalue weighted by molar-refractivity contribution is 0.101. The SMILES string of the molecule is O=P(O)(C1=C(c2ccccc2)OC(c2ccccc2)(c2ccccc2)C1)c1ccccc1. The lowest BCUT2D eigenvalue weighted by Crippen LogP contribution is -2.27. The lowest BCUT2D eigenvalue weighted by atomic mass is 9.84. The normalized spacial score (nSPS) is 16.9. The molecule has 0 radical (unpaired) electrons. The Morgan fingerprint density at radius 3 is 1.59 bits per heavy atom. The number of hydrogen-bond donors (Lipinski definition) is 1. The van der Waals surface area contributed by atoms with Crippen molar-refractivity contribution in [3.05, 3.63) is 143 Å². The van der Waals surface area contributed by atoms with Gasteiger partial charge in [-0.15, -0.1) is 0 Å². The Hall–Kier alpha value is -3.39. The van der Waals surface area contributed by atoms with Crippen LogP contribution in [-0.2, 0) is 14.9 Å². The van der Waals surface area contributed by atoms with Gasteiger partial charge in [0.05, 0.1) is 5.31 Å². The predicted molar refractivity (Wildman–Crippen MR) is 129 cm³/mol. The molecule has 0 aliphatic carbocycles. The van der Waals surface area contributed by atoms with E-state index >= 15 is 0 Å². The van der Waals surface area contributed by atoms with E-state index in [1.807, 2.05) is 97.1 Å². The highest BCUT2D eigenvalue weighted by atomic mass is 31.2. The average molecular weight is 438 g/mol. The lowest BCUT2D eigenvalue weighted by Gasteiger charge is -2.31.